The van der Waals surface area contributed by atoms with Crippen molar-refractivity contribution < 1.29 is 4.39 Å². The Morgan fingerprint density at radius 2 is 1.88 bits per heavy atom. The van der Waals surface area contributed by atoms with Gasteiger partial charge in [-0.15, -0.1) is 0 Å². The van der Waals surface area contributed by atoms with Gasteiger partial charge in [0.2, 0.25) is 0 Å². The summed E-state index contributed by atoms with van der Waals surface area (Å²) < 4.78 is 13.5. The summed E-state index contributed by atoms with van der Waals surface area (Å²) in [4.78, 5) is 0. The quantitative estimate of drug-likeness (QED) is 0.803. The molecule has 88 valence electrons. The predicted molar refractivity (Wildman–Crippen MR) is 63.5 cm³/mol. The Labute approximate surface area is 95.8 Å². The number of hydrogen-bond acceptors (Lipinski definition) is 2. The molecule has 0 saturated heterocycles. The van der Waals surface area contributed by atoms with E-state index in [-0.39, 0.29) is 17.4 Å². The molecule has 2 rings (SSSR count). The molecule has 0 aliphatic heterocycles. The lowest BCUT2D eigenvalue weighted by molar-refractivity contribution is 0.269. The number of halogens is 1. The summed E-state index contributed by atoms with van der Waals surface area (Å²) in [6.07, 6.45) is 4.30. The Kier molecular flexibility index (Phi) is 3.26. The standard InChI is InChI=1S/C13H19FN2/c14-12-4-2-1-3-10(12)9-13(16)7-5-11(15)6-8-13/h1-4,11H,5-9,15-16H2. The Hall–Kier alpha value is -0.930. The highest BCUT2D eigenvalue weighted by Gasteiger charge is 2.31. The third kappa shape index (κ3) is 2.60. The smallest absolute Gasteiger partial charge is 0.126 e. The second kappa shape index (κ2) is 4.52. The molecule has 1 aromatic rings. The largest absolute Gasteiger partial charge is 0.328 e. The Morgan fingerprint density at radius 1 is 1.25 bits per heavy atom. The van der Waals surface area contributed by atoms with Crippen LogP contribution in [-0.4, -0.2) is 11.6 Å². The van der Waals surface area contributed by atoms with Crippen LogP contribution in [0.3, 0.4) is 0 Å². The maximum absolute atomic E-state index is 13.5. The van der Waals surface area contributed by atoms with Gasteiger partial charge in [-0.25, -0.2) is 4.39 Å². The van der Waals surface area contributed by atoms with E-state index >= 15 is 0 Å². The first-order chi connectivity index (χ1) is 7.59. The minimum absolute atomic E-state index is 0.151. The lowest BCUT2D eigenvalue weighted by Gasteiger charge is -2.36. The van der Waals surface area contributed by atoms with Gasteiger partial charge in [0.25, 0.3) is 0 Å². The van der Waals surface area contributed by atoms with Gasteiger partial charge in [0.1, 0.15) is 5.82 Å². The molecular weight excluding hydrogens is 203 g/mol. The van der Waals surface area contributed by atoms with E-state index in [2.05, 4.69) is 0 Å². The minimum atomic E-state index is -0.266. The van der Waals surface area contributed by atoms with Gasteiger partial charge in [-0.1, -0.05) is 18.2 Å². The summed E-state index contributed by atoms with van der Waals surface area (Å²) in [5.74, 6) is -0.151. The van der Waals surface area contributed by atoms with Crippen LogP contribution in [0.1, 0.15) is 31.2 Å². The molecule has 4 N–H and O–H groups in total. The third-order valence-corrected chi connectivity index (χ3v) is 3.53. The second-order valence-corrected chi connectivity index (χ2v) is 4.97. The molecule has 16 heavy (non-hydrogen) atoms. The summed E-state index contributed by atoms with van der Waals surface area (Å²) in [7, 11) is 0. The molecule has 0 radical (unpaired) electrons. The van der Waals surface area contributed by atoms with E-state index in [4.69, 9.17) is 11.5 Å². The van der Waals surface area contributed by atoms with Crippen molar-refractivity contribution in [3.05, 3.63) is 35.6 Å². The van der Waals surface area contributed by atoms with Gasteiger partial charge in [-0.05, 0) is 43.7 Å². The van der Waals surface area contributed by atoms with Crippen molar-refractivity contribution in [2.75, 3.05) is 0 Å². The van der Waals surface area contributed by atoms with Gasteiger partial charge < -0.3 is 11.5 Å². The average Bonchev–Trinajstić information content (AvgIpc) is 2.27. The molecule has 0 atom stereocenters. The highest BCUT2D eigenvalue weighted by Crippen LogP contribution is 2.29. The number of rotatable bonds is 2. The molecule has 1 aromatic carbocycles. The van der Waals surface area contributed by atoms with Crippen LogP contribution >= 0.6 is 0 Å². The van der Waals surface area contributed by atoms with Gasteiger partial charge >= 0.3 is 0 Å². The van der Waals surface area contributed by atoms with E-state index in [1.807, 2.05) is 12.1 Å². The first-order valence-corrected chi connectivity index (χ1v) is 5.87. The fourth-order valence-electron chi connectivity index (χ4n) is 2.41. The van der Waals surface area contributed by atoms with E-state index in [0.717, 1.165) is 31.2 Å². The number of hydrogen-bond donors (Lipinski definition) is 2. The van der Waals surface area contributed by atoms with Crippen LogP contribution in [0, 0.1) is 5.82 Å². The molecule has 1 aliphatic rings. The van der Waals surface area contributed by atoms with Gasteiger partial charge in [-0.2, -0.15) is 0 Å². The van der Waals surface area contributed by atoms with Gasteiger partial charge in [0.15, 0.2) is 0 Å². The van der Waals surface area contributed by atoms with Crippen LogP contribution in [0.25, 0.3) is 0 Å². The minimum Gasteiger partial charge on any atom is -0.328 e. The van der Waals surface area contributed by atoms with Crippen LogP contribution in [0.4, 0.5) is 4.39 Å². The molecule has 0 bridgehead atoms. The normalized spacial score (nSPS) is 30.3. The molecule has 1 aliphatic carbocycles. The second-order valence-electron chi connectivity index (χ2n) is 4.97. The van der Waals surface area contributed by atoms with Crippen molar-refractivity contribution >= 4 is 0 Å². The Balaban J connectivity index is 2.07. The van der Waals surface area contributed by atoms with E-state index in [1.165, 1.54) is 6.07 Å². The first-order valence-electron chi connectivity index (χ1n) is 5.87. The first kappa shape index (κ1) is 11.6. The van der Waals surface area contributed by atoms with E-state index < -0.39 is 0 Å². The Morgan fingerprint density at radius 3 is 2.50 bits per heavy atom. The molecule has 3 heteroatoms. The maximum Gasteiger partial charge on any atom is 0.126 e. The molecule has 0 unspecified atom stereocenters. The summed E-state index contributed by atoms with van der Waals surface area (Å²) in [5.41, 5.74) is 12.6. The van der Waals surface area contributed by atoms with Gasteiger partial charge in [0, 0.05) is 11.6 Å². The van der Waals surface area contributed by atoms with Gasteiger partial charge in [-0.3, -0.25) is 0 Å². The lowest BCUT2D eigenvalue weighted by Crippen LogP contribution is -2.47. The molecule has 0 aromatic heterocycles. The van der Waals surface area contributed by atoms with Crippen molar-refractivity contribution in [3.63, 3.8) is 0 Å². The highest BCUT2D eigenvalue weighted by atomic mass is 19.1. The summed E-state index contributed by atoms with van der Waals surface area (Å²) in [6.45, 7) is 0. The molecule has 0 amide bonds. The summed E-state index contributed by atoms with van der Waals surface area (Å²) >= 11 is 0. The van der Waals surface area contributed by atoms with Crippen molar-refractivity contribution in [2.45, 2.75) is 43.7 Å². The lowest BCUT2D eigenvalue weighted by atomic mass is 9.76. The zero-order valence-electron chi connectivity index (χ0n) is 9.45. The molecule has 2 nitrogen and oxygen atoms in total. The van der Waals surface area contributed by atoms with Crippen LogP contribution in [0.2, 0.25) is 0 Å². The van der Waals surface area contributed by atoms with Crippen LogP contribution in [-0.2, 0) is 6.42 Å². The average molecular weight is 222 g/mol. The SMILES string of the molecule is NC1CCC(N)(Cc2ccccc2F)CC1. The number of benzene rings is 1. The van der Waals surface area contributed by atoms with Crippen LogP contribution in [0.5, 0.6) is 0 Å². The topological polar surface area (TPSA) is 52.0 Å². The van der Waals surface area contributed by atoms with E-state index in [0.29, 0.717) is 6.42 Å². The van der Waals surface area contributed by atoms with Crippen molar-refractivity contribution in [2.24, 2.45) is 11.5 Å². The molecule has 1 saturated carbocycles. The van der Waals surface area contributed by atoms with Crippen molar-refractivity contribution in [3.8, 4) is 0 Å². The molecular formula is C13H19FN2. The van der Waals surface area contributed by atoms with Crippen molar-refractivity contribution in [1.29, 1.82) is 0 Å². The summed E-state index contributed by atoms with van der Waals surface area (Å²) in [5, 5.41) is 0. The molecule has 0 spiro atoms. The third-order valence-electron chi connectivity index (χ3n) is 3.53. The monoisotopic (exact) mass is 222 g/mol. The van der Waals surface area contributed by atoms with E-state index in [1.54, 1.807) is 6.07 Å². The zero-order valence-corrected chi connectivity index (χ0v) is 9.45. The van der Waals surface area contributed by atoms with E-state index in [9.17, 15) is 4.39 Å². The van der Waals surface area contributed by atoms with Crippen LogP contribution in [0.15, 0.2) is 24.3 Å². The Bertz CT molecular complexity index is 357. The van der Waals surface area contributed by atoms with Gasteiger partial charge in [0.05, 0.1) is 0 Å². The highest BCUT2D eigenvalue weighted by molar-refractivity contribution is 5.20. The predicted octanol–water partition coefficient (Wildman–Crippen LogP) is 1.97. The molecule has 0 heterocycles. The fourth-order valence-corrected chi connectivity index (χ4v) is 2.41. The van der Waals surface area contributed by atoms with Crippen LogP contribution < -0.4 is 11.5 Å². The fraction of sp³-hybridized carbons (Fsp3) is 0.538. The zero-order chi connectivity index (χ0) is 11.6. The van der Waals surface area contributed by atoms with Crippen molar-refractivity contribution in [1.82, 2.24) is 0 Å². The molecule has 1 fully saturated rings. The number of nitrogens with two attached hydrogens (primary N) is 2. The maximum atomic E-state index is 13.5. The summed E-state index contributed by atoms with van der Waals surface area (Å²) in [6, 6.07) is 7.15.